The Labute approximate surface area is 58.1 Å². The Morgan fingerprint density at radius 3 is 1.70 bits per heavy atom. The maximum Gasteiger partial charge on any atom is 0.115 e. The van der Waals surface area contributed by atoms with Crippen molar-refractivity contribution in [1.82, 2.24) is 0 Å². The van der Waals surface area contributed by atoms with E-state index in [2.05, 4.69) is 0 Å². The third-order valence-corrected chi connectivity index (χ3v) is 0.893. The zero-order valence-electron chi connectivity index (χ0n) is 5.23. The Morgan fingerprint density at radius 2 is 1.40 bits per heavy atom. The first-order chi connectivity index (χ1) is 4.79. The summed E-state index contributed by atoms with van der Waals surface area (Å²) in [5.41, 5.74) is 5.98. The molecule has 0 unspecified atom stereocenters. The van der Waals surface area contributed by atoms with E-state index < -0.39 is 0 Å². The average Bonchev–Trinajstić information content (AvgIpc) is 2.00. The molecular weight excluding hydrogens is 134 g/mol. The SMILES string of the molecule is Nc1ccc(O)cc1.OO. The van der Waals surface area contributed by atoms with Crippen molar-refractivity contribution in [1.29, 1.82) is 0 Å². The average molecular weight is 143 g/mol. The van der Waals surface area contributed by atoms with E-state index in [0.29, 0.717) is 5.69 Å². The van der Waals surface area contributed by atoms with E-state index in [1.54, 1.807) is 24.3 Å². The second kappa shape index (κ2) is 4.60. The van der Waals surface area contributed by atoms with Crippen molar-refractivity contribution >= 4 is 5.69 Å². The summed E-state index contributed by atoms with van der Waals surface area (Å²) in [4.78, 5) is 0. The minimum atomic E-state index is 0.249. The summed E-state index contributed by atoms with van der Waals surface area (Å²) in [5, 5.41) is 20.7. The summed E-state index contributed by atoms with van der Waals surface area (Å²) in [7, 11) is 0. The number of aromatic hydroxyl groups is 1. The smallest absolute Gasteiger partial charge is 0.115 e. The molecule has 1 aromatic carbocycles. The van der Waals surface area contributed by atoms with Crippen LogP contribution in [0, 0.1) is 0 Å². The van der Waals surface area contributed by atoms with Crippen molar-refractivity contribution < 1.29 is 15.6 Å². The van der Waals surface area contributed by atoms with E-state index in [4.69, 9.17) is 21.4 Å². The number of benzene rings is 1. The molecule has 0 saturated carbocycles. The van der Waals surface area contributed by atoms with Crippen molar-refractivity contribution in [3.63, 3.8) is 0 Å². The van der Waals surface area contributed by atoms with Gasteiger partial charge in [-0.05, 0) is 24.3 Å². The predicted molar refractivity (Wildman–Crippen MR) is 37.8 cm³/mol. The number of hydrogen-bond donors (Lipinski definition) is 4. The van der Waals surface area contributed by atoms with Gasteiger partial charge in [-0.15, -0.1) is 0 Å². The molecule has 0 amide bonds. The maximum absolute atomic E-state index is 8.70. The number of anilines is 1. The molecule has 4 nitrogen and oxygen atoms in total. The largest absolute Gasteiger partial charge is 0.508 e. The summed E-state index contributed by atoms with van der Waals surface area (Å²) in [6, 6.07) is 6.40. The van der Waals surface area contributed by atoms with Crippen LogP contribution in [0.4, 0.5) is 5.69 Å². The molecule has 0 fully saturated rings. The van der Waals surface area contributed by atoms with Crippen LogP contribution in [-0.2, 0) is 0 Å². The van der Waals surface area contributed by atoms with Crippen LogP contribution < -0.4 is 5.73 Å². The van der Waals surface area contributed by atoms with E-state index in [1.165, 1.54) is 0 Å². The Kier molecular flexibility index (Phi) is 4.02. The highest BCUT2D eigenvalue weighted by molar-refractivity contribution is 5.40. The van der Waals surface area contributed by atoms with Gasteiger partial charge in [0.25, 0.3) is 0 Å². The van der Waals surface area contributed by atoms with Gasteiger partial charge < -0.3 is 10.8 Å². The lowest BCUT2D eigenvalue weighted by Gasteiger charge is -1.89. The zero-order valence-corrected chi connectivity index (χ0v) is 5.23. The fourth-order valence-corrected chi connectivity index (χ4v) is 0.474. The fraction of sp³-hybridized carbons (Fsp3) is 0. The molecule has 10 heavy (non-hydrogen) atoms. The lowest BCUT2D eigenvalue weighted by molar-refractivity contribution is -0.176. The Hall–Kier alpha value is -1.26. The standard InChI is InChI=1S/C6H7NO.H2O2/c7-5-1-3-6(8)4-2-5;1-2/h1-4,8H,7H2;1-2H. The molecule has 0 aliphatic carbocycles. The highest BCUT2D eigenvalue weighted by Crippen LogP contribution is 2.09. The molecule has 4 heteroatoms. The molecule has 1 aromatic rings. The van der Waals surface area contributed by atoms with E-state index in [1.807, 2.05) is 0 Å². The van der Waals surface area contributed by atoms with Gasteiger partial charge in [0.1, 0.15) is 5.75 Å². The molecule has 0 atom stereocenters. The lowest BCUT2D eigenvalue weighted by atomic mass is 10.3. The Balaban J connectivity index is 0.000000371. The highest BCUT2D eigenvalue weighted by Gasteiger charge is 1.82. The van der Waals surface area contributed by atoms with Crippen LogP contribution in [0.5, 0.6) is 5.75 Å². The quantitative estimate of drug-likeness (QED) is 0.189. The first-order valence-corrected chi connectivity index (χ1v) is 2.53. The monoisotopic (exact) mass is 143 g/mol. The Bertz CT molecular complexity index is 152. The normalized spacial score (nSPS) is 7.80. The van der Waals surface area contributed by atoms with Gasteiger partial charge in [-0.3, -0.25) is 10.5 Å². The van der Waals surface area contributed by atoms with Gasteiger partial charge in [0.15, 0.2) is 0 Å². The molecule has 0 aliphatic heterocycles. The van der Waals surface area contributed by atoms with Crippen molar-refractivity contribution in [2.45, 2.75) is 0 Å². The summed E-state index contributed by atoms with van der Waals surface area (Å²) in [5.74, 6) is 0.249. The van der Waals surface area contributed by atoms with E-state index in [0.717, 1.165) is 0 Å². The topological polar surface area (TPSA) is 86.7 Å². The second-order valence-electron chi connectivity index (χ2n) is 1.59. The molecule has 0 aliphatic rings. The zero-order chi connectivity index (χ0) is 7.98. The fourth-order valence-electron chi connectivity index (χ4n) is 0.474. The third-order valence-electron chi connectivity index (χ3n) is 0.893. The second-order valence-corrected chi connectivity index (χ2v) is 1.59. The van der Waals surface area contributed by atoms with Crippen LogP contribution in [0.1, 0.15) is 0 Å². The molecule has 1 rings (SSSR count). The number of nitrogens with two attached hydrogens (primary N) is 1. The molecule has 0 saturated heterocycles. The Morgan fingerprint density at radius 1 is 1.00 bits per heavy atom. The summed E-state index contributed by atoms with van der Waals surface area (Å²) >= 11 is 0. The summed E-state index contributed by atoms with van der Waals surface area (Å²) in [6.07, 6.45) is 0. The van der Waals surface area contributed by atoms with E-state index in [9.17, 15) is 0 Å². The minimum Gasteiger partial charge on any atom is -0.508 e. The minimum absolute atomic E-state index is 0.249. The number of phenolic OH excluding ortho intramolecular Hbond substituents is 1. The third kappa shape index (κ3) is 2.91. The van der Waals surface area contributed by atoms with Crippen LogP contribution in [0.2, 0.25) is 0 Å². The van der Waals surface area contributed by atoms with Crippen molar-refractivity contribution in [3.8, 4) is 5.75 Å². The number of rotatable bonds is 0. The molecule has 0 bridgehead atoms. The molecule has 0 spiro atoms. The molecule has 56 valence electrons. The first kappa shape index (κ1) is 8.74. The van der Waals surface area contributed by atoms with Gasteiger partial charge in [0, 0.05) is 5.69 Å². The molecular formula is C6H9NO3. The van der Waals surface area contributed by atoms with Crippen molar-refractivity contribution in [2.24, 2.45) is 0 Å². The number of hydrogen-bond acceptors (Lipinski definition) is 4. The van der Waals surface area contributed by atoms with Crippen LogP contribution >= 0.6 is 0 Å². The van der Waals surface area contributed by atoms with Gasteiger partial charge >= 0.3 is 0 Å². The predicted octanol–water partition coefficient (Wildman–Crippen LogP) is 0.992. The molecule has 0 heterocycles. The van der Waals surface area contributed by atoms with Gasteiger partial charge in [0.05, 0.1) is 0 Å². The van der Waals surface area contributed by atoms with Gasteiger partial charge in [-0.25, -0.2) is 0 Å². The summed E-state index contributed by atoms with van der Waals surface area (Å²) in [6.45, 7) is 0. The van der Waals surface area contributed by atoms with E-state index in [-0.39, 0.29) is 5.75 Å². The van der Waals surface area contributed by atoms with Crippen molar-refractivity contribution in [3.05, 3.63) is 24.3 Å². The lowest BCUT2D eigenvalue weighted by Crippen LogP contribution is -1.80. The maximum atomic E-state index is 8.70. The molecule has 0 radical (unpaired) electrons. The van der Waals surface area contributed by atoms with E-state index >= 15 is 0 Å². The van der Waals surface area contributed by atoms with Crippen LogP contribution in [-0.4, -0.2) is 15.6 Å². The number of nitrogen functional groups attached to an aromatic ring is 1. The number of phenols is 1. The first-order valence-electron chi connectivity index (χ1n) is 2.53. The highest BCUT2D eigenvalue weighted by atomic mass is 17.0. The van der Waals surface area contributed by atoms with Crippen LogP contribution in [0.25, 0.3) is 0 Å². The molecule has 5 N–H and O–H groups in total. The summed E-state index contributed by atoms with van der Waals surface area (Å²) < 4.78 is 0. The van der Waals surface area contributed by atoms with Gasteiger partial charge in [-0.1, -0.05) is 0 Å². The van der Waals surface area contributed by atoms with Crippen LogP contribution in [0.15, 0.2) is 24.3 Å². The van der Waals surface area contributed by atoms with Gasteiger partial charge in [0.2, 0.25) is 0 Å². The van der Waals surface area contributed by atoms with Crippen LogP contribution in [0.3, 0.4) is 0 Å². The van der Waals surface area contributed by atoms with Gasteiger partial charge in [-0.2, -0.15) is 0 Å². The van der Waals surface area contributed by atoms with Crippen molar-refractivity contribution in [2.75, 3.05) is 5.73 Å². The molecule has 0 aromatic heterocycles.